The minimum Gasteiger partial charge on any atom is -0.467 e. The number of rotatable bonds is 5. The van der Waals surface area contributed by atoms with E-state index in [1.165, 1.54) is 23.4 Å². The number of carbonyl (C=O) groups is 1. The predicted octanol–water partition coefficient (Wildman–Crippen LogP) is 2.92. The molecule has 0 radical (unpaired) electrons. The van der Waals surface area contributed by atoms with Gasteiger partial charge in [-0.3, -0.25) is 9.35 Å². The van der Waals surface area contributed by atoms with Crippen LogP contribution in [0.15, 0.2) is 83.6 Å². The molecule has 2 heterocycles. The molecule has 1 amide bonds. The Labute approximate surface area is 191 Å². The van der Waals surface area contributed by atoms with Crippen molar-refractivity contribution in [1.82, 2.24) is 10.2 Å². The van der Waals surface area contributed by atoms with Crippen LogP contribution in [0, 0.1) is 0 Å². The van der Waals surface area contributed by atoms with Crippen LogP contribution in [-0.4, -0.2) is 29.3 Å². The van der Waals surface area contributed by atoms with Crippen molar-refractivity contribution in [3.05, 3.63) is 96.1 Å². The summed E-state index contributed by atoms with van der Waals surface area (Å²) in [6.07, 6.45) is 7.90. The van der Waals surface area contributed by atoms with Crippen molar-refractivity contribution in [3.8, 4) is 0 Å². The number of hydrogen-bond acceptors (Lipinski definition) is 7. The molecule has 0 spiro atoms. The molecular formula is C23H24N4O5S. The summed E-state index contributed by atoms with van der Waals surface area (Å²) in [5, 5.41) is 2.14. The number of carbonyl (C=O) groups excluding carboxylic acids is 1. The summed E-state index contributed by atoms with van der Waals surface area (Å²) in [5.41, 5.74) is 13.5. The first kappa shape index (κ1) is 23.6. The highest BCUT2D eigenvalue weighted by molar-refractivity contribution is 7.86. The molecular weight excluding hydrogens is 444 g/mol. The second-order valence-electron chi connectivity index (χ2n) is 7.04. The van der Waals surface area contributed by atoms with Crippen molar-refractivity contribution in [2.75, 3.05) is 11.5 Å². The van der Waals surface area contributed by atoms with E-state index in [-0.39, 0.29) is 6.54 Å². The first-order chi connectivity index (χ1) is 15.7. The maximum atomic E-state index is 11.1. The smallest absolute Gasteiger partial charge is 0.306 e. The van der Waals surface area contributed by atoms with Gasteiger partial charge in [-0.1, -0.05) is 54.6 Å². The summed E-state index contributed by atoms with van der Waals surface area (Å²) < 4.78 is 36.3. The van der Waals surface area contributed by atoms with Gasteiger partial charge in [-0.2, -0.15) is 8.42 Å². The number of nitrogens with two attached hydrogens (primary N) is 2. The topological polar surface area (TPSA) is 152 Å². The third kappa shape index (κ3) is 6.73. The molecule has 0 fully saturated rings. The molecule has 1 atom stereocenters. The lowest BCUT2D eigenvalue weighted by Crippen LogP contribution is -2.52. The highest BCUT2D eigenvalue weighted by atomic mass is 32.2. The van der Waals surface area contributed by atoms with E-state index in [1.807, 2.05) is 54.6 Å². The fraction of sp³-hybridized carbons (Fsp3) is 0.0870. The quantitative estimate of drug-likeness (QED) is 0.253. The number of nitrogens with zero attached hydrogens (tertiary/aromatic N) is 1. The molecule has 9 nitrogen and oxygen atoms in total. The fourth-order valence-corrected chi connectivity index (χ4v) is 3.71. The Morgan fingerprint density at radius 1 is 1.03 bits per heavy atom. The molecule has 0 saturated heterocycles. The Morgan fingerprint density at radius 2 is 1.79 bits per heavy atom. The second kappa shape index (κ2) is 10.5. The lowest BCUT2D eigenvalue weighted by Gasteiger charge is -2.30. The molecule has 0 aliphatic carbocycles. The molecule has 4 rings (SSSR count). The van der Waals surface area contributed by atoms with Crippen LogP contribution in [0.2, 0.25) is 0 Å². The van der Waals surface area contributed by atoms with E-state index in [1.54, 1.807) is 18.2 Å². The summed E-state index contributed by atoms with van der Waals surface area (Å²) in [6, 6.07) is 19.0. The summed E-state index contributed by atoms with van der Waals surface area (Å²) in [5.74, 6) is -0.0669. The molecule has 0 saturated carbocycles. The highest BCUT2D eigenvalue weighted by Gasteiger charge is 2.32. The summed E-state index contributed by atoms with van der Waals surface area (Å²) in [7, 11) is -4.41. The zero-order chi connectivity index (χ0) is 23.8. The largest absolute Gasteiger partial charge is 0.467 e. The molecule has 1 aromatic heterocycles. The van der Waals surface area contributed by atoms with Gasteiger partial charge in [0.25, 0.3) is 0 Å². The van der Waals surface area contributed by atoms with Gasteiger partial charge in [0, 0.05) is 12.3 Å². The minimum absolute atomic E-state index is 0.119. The van der Waals surface area contributed by atoms with Gasteiger partial charge < -0.3 is 26.1 Å². The van der Waals surface area contributed by atoms with Gasteiger partial charge in [-0.25, -0.2) is 0 Å². The number of furan rings is 1. The first-order valence-electron chi connectivity index (χ1n) is 9.84. The highest BCUT2D eigenvalue weighted by Crippen LogP contribution is 2.21. The van der Waals surface area contributed by atoms with Crippen molar-refractivity contribution >= 4 is 39.6 Å². The number of hydrogen-bond donors (Lipinski definition) is 4. The lowest BCUT2D eigenvalue weighted by atomic mass is 10.1. The summed E-state index contributed by atoms with van der Waals surface area (Å²) in [4.78, 5) is 12.3. The average molecular weight is 469 g/mol. The number of para-hydroxylation sites is 1. The van der Waals surface area contributed by atoms with Crippen molar-refractivity contribution in [3.63, 3.8) is 0 Å². The van der Waals surface area contributed by atoms with Crippen LogP contribution in [-0.2, 0) is 21.5 Å². The number of nitrogens with one attached hydrogen (secondary N) is 1. The molecule has 1 unspecified atom stereocenters. The standard InChI is InChI=1S/C14H14N2.C9H10N2O5S/c15-13-8-4-7-12(14(13)16)10-9-11-5-2-1-3-6-11;12-8-3-4-11(6-7-2-1-5-16-7)9(10-8)17(13,14)15/h1-10H,15-16H2;1-5,9H,6H2,(H,10,12)(H,13,14,15). The molecule has 0 bridgehead atoms. The molecule has 3 aromatic rings. The summed E-state index contributed by atoms with van der Waals surface area (Å²) in [6.45, 7) is 0.119. The van der Waals surface area contributed by atoms with Crippen LogP contribution in [0.4, 0.5) is 11.4 Å². The third-order valence-corrected chi connectivity index (χ3v) is 5.57. The van der Waals surface area contributed by atoms with Crippen LogP contribution < -0.4 is 16.8 Å². The van der Waals surface area contributed by atoms with Gasteiger partial charge in [-0.15, -0.1) is 0 Å². The molecule has 172 valence electrons. The van der Waals surface area contributed by atoms with Crippen molar-refractivity contribution < 1.29 is 22.2 Å². The Balaban J connectivity index is 0.000000186. The lowest BCUT2D eigenvalue weighted by molar-refractivity contribution is -0.118. The Bertz CT molecular complexity index is 1240. The zero-order valence-corrected chi connectivity index (χ0v) is 18.4. The molecule has 1 aliphatic heterocycles. The minimum atomic E-state index is -4.41. The zero-order valence-electron chi connectivity index (χ0n) is 17.5. The molecule has 2 aromatic carbocycles. The third-order valence-electron chi connectivity index (χ3n) is 4.61. The van der Waals surface area contributed by atoms with Gasteiger partial charge in [0.1, 0.15) is 5.76 Å². The molecule has 10 heteroatoms. The predicted molar refractivity (Wildman–Crippen MR) is 128 cm³/mol. The van der Waals surface area contributed by atoms with E-state index < -0.39 is 21.5 Å². The van der Waals surface area contributed by atoms with E-state index in [0.717, 1.165) is 11.1 Å². The number of benzene rings is 2. The van der Waals surface area contributed by atoms with Crippen LogP contribution >= 0.6 is 0 Å². The first-order valence-corrected chi connectivity index (χ1v) is 11.3. The van der Waals surface area contributed by atoms with Crippen molar-refractivity contribution in [1.29, 1.82) is 0 Å². The van der Waals surface area contributed by atoms with Gasteiger partial charge in [0.2, 0.25) is 11.4 Å². The normalized spacial score (nSPS) is 15.7. The monoisotopic (exact) mass is 468 g/mol. The van der Waals surface area contributed by atoms with Gasteiger partial charge >= 0.3 is 10.1 Å². The second-order valence-corrected chi connectivity index (χ2v) is 8.51. The van der Waals surface area contributed by atoms with E-state index in [4.69, 9.17) is 20.4 Å². The van der Waals surface area contributed by atoms with Crippen LogP contribution in [0.3, 0.4) is 0 Å². The number of nitrogen functional groups attached to an aromatic ring is 2. The van der Waals surface area contributed by atoms with E-state index in [0.29, 0.717) is 17.1 Å². The fourth-order valence-electron chi connectivity index (χ4n) is 2.96. The number of anilines is 2. The van der Waals surface area contributed by atoms with Crippen LogP contribution in [0.25, 0.3) is 12.2 Å². The summed E-state index contributed by atoms with van der Waals surface area (Å²) >= 11 is 0. The average Bonchev–Trinajstić information content (AvgIpc) is 3.30. The Morgan fingerprint density at radius 3 is 2.45 bits per heavy atom. The van der Waals surface area contributed by atoms with Gasteiger partial charge in [0.15, 0.2) is 0 Å². The van der Waals surface area contributed by atoms with E-state index in [9.17, 15) is 13.2 Å². The van der Waals surface area contributed by atoms with Gasteiger partial charge in [-0.05, 0) is 29.3 Å². The van der Waals surface area contributed by atoms with Gasteiger partial charge in [0.05, 0.1) is 24.2 Å². The Hall–Kier alpha value is -4.02. The number of amides is 1. The molecule has 33 heavy (non-hydrogen) atoms. The Kier molecular flexibility index (Phi) is 7.54. The maximum absolute atomic E-state index is 11.1. The molecule has 1 aliphatic rings. The van der Waals surface area contributed by atoms with Crippen molar-refractivity contribution in [2.45, 2.75) is 12.0 Å². The van der Waals surface area contributed by atoms with E-state index in [2.05, 4.69) is 5.32 Å². The SMILES string of the molecule is Nc1cccc(C=Cc2ccccc2)c1N.O=C1C=CN(Cc2ccco2)C(S(=O)(=O)O)N1. The van der Waals surface area contributed by atoms with Crippen LogP contribution in [0.5, 0.6) is 0 Å². The maximum Gasteiger partial charge on any atom is 0.306 e. The van der Waals surface area contributed by atoms with Crippen LogP contribution in [0.1, 0.15) is 16.9 Å². The van der Waals surface area contributed by atoms with E-state index >= 15 is 0 Å². The molecule has 6 N–H and O–H groups in total. The van der Waals surface area contributed by atoms with Crippen molar-refractivity contribution in [2.24, 2.45) is 0 Å².